The SMILES string of the molecule is CC(Sc1nc2ccccc2s1)C(=O)N/N=C/c1cc([N+](=O)[O-])ccc1O. The first-order valence-corrected chi connectivity index (χ1v) is 9.46. The lowest BCUT2D eigenvalue weighted by atomic mass is 10.2. The summed E-state index contributed by atoms with van der Waals surface area (Å²) in [5, 5.41) is 23.8. The average Bonchev–Trinajstić information content (AvgIpc) is 3.05. The van der Waals surface area contributed by atoms with Crippen molar-refractivity contribution in [1.29, 1.82) is 0 Å². The van der Waals surface area contributed by atoms with Crippen LogP contribution in [0.25, 0.3) is 10.2 Å². The van der Waals surface area contributed by atoms with Crippen molar-refractivity contribution in [2.24, 2.45) is 5.10 Å². The number of phenolic OH excluding ortho intramolecular Hbond substituents is 1. The van der Waals surface area contributed by atoms with Crippen molar-refractivity contribution in [3.63, 3.8) is 0 Å². The van der Waals surface area contributed by atoms with E-state index >= 15 is 0 Å². The molecular formula is C17H14N4O4S2. The normalized spacial score (nSPS) is 12.3. The van der Waals surface area contributed by atoms with Gasteiger partial charge in [0.05, 0.1) is 26.6 Å². The summed E-state index contributed by atoms with van der Waals surface area (Å²) in [5.74, 6) is -0.518. The number of non-ortho nitro benzene ring substituents is 1. The van der Waals surface area contributed by atoms with Crippen molar-refractivity contribution < 1.29 is 14.8 Å². The van der Waals surface area contributed by atoms with Crippen LogP contribution in [0.4, 0.5) is 5.69 Å². The molecule has 3 rings (SSSR count). The van der Waals surface area contributed by atoms with E-state index in [0.717, 1.165) is 20.8 Å². The zero-order valence-corrected chi connectivity index (χ0v) is 15.7. The molecule has 10 heteroatoms. The third kappa shape index (κ3) is 4.60. The van der Waals surface area contributed by atoms with Crippen LogP contribution in [-0.2, 0) is 4.79 Å². The Bertz CT molecular complexity index is 1000. The zero-order valence-electron chi connectivity index (χ0n) is 14.0. The molecule has 1 amide bonds. The fourth-order valence-electron chi connectivity index (χ4n) is 2.12. The van der Waals surface area contributed by atoms with Gasteiger partial charge in [-0.3, -0.25) is 14.9 Å². The van der Waals surface area contributed by atoms with E-state index in [9.17, 15) is 20.0 Å². The van der Waals surface area contributed by atoms with Crippen molar-refractivity contribution in [3.8, 4) is 5.75 Å². The molecule has 0 saturated carbocycles. The van der Waals surface area contributed by atoms with Crippen molar-refractivity contribution in [2.45, 2.75) is 16.5 Å². The van der Waals surface area contributed by atoms with Gasteiger partial charge in [-0.1, -0.05) is 23.9 Å². The minimum Gasteiger partial charge on any atom is -0.507 e. The Hall–Kier alpha value is -2.98. The highest BCUT2D eigenvalue weighted by molar-refractivity contribution is 8.02. The molecule has 1 aromatic heterocycles. The molecule has 138 valence electrons. The first-order chi connectivity index (χ1) is 12.9. The molecule has 2 aromatic carbocycles. The molecule has 0 spiro atoms. The smallest absolute Gasteiger partial charge is 0.270 e. The summed E-state index contributed by atoms with van der Waals surface area (Å²) in [6.45, 7) is 1.73. The highest BCUT2D eigenvalue weighted by Gasteiger charge is 2.16. The van der Waals surface area contributed by atoms with Gasteiger partial charge < -0.3 is 5.11 Å². The predicted octanol–water partition coefficient (Wildman–Crippen LogP) is 3.54. The summed E-state index contributed by atoms with van der Waals surface area (Å²) in [4.78, 5) is 26.8. The molecule has 3 aromatic rings. The van der Waals surface area contributed by atoms with E-state index in [1.165, 1.54) is 41.3 Å². The summed E-state index contributed by atoms with van der Waals surface area (Å²) in [6.07, 6.45) is 1.16. The van der Waals surface area contributed by atoms with Crippen LogP contribution >= 0.6 is 23.1 Å². The molecule has 0 aliphatic heterocycles. The second kappa shape index (κ2) is 8.14. The minimum atomic E-state index is -0.577. The van der Waals surface area contributed by atoms with E-state index < -0.39 is 10.2 Å². The largest absolute Gasteiger partial charge is 0.507 e. The maximum atomic E-state index is 12.2. The number of nitro groups is 1. The fourth-order valence-corrected chi connectivity index (χ4v) is 4.33. The molecular weight excluding hydrogens is 388 g/mol. The standard InChI is InChI=1S/C17H14N4O4S2/c1-10(26-17-19-13-4-2-3-5-15(13)27-17)16(23)20-18-9-11-8-12(21(24)25)6-7-14(11)22/h2-10,22H,1H3,(H,20,23)/b18-9+. The Morgan fingerprint density at radius 1 is 1.41 bits per heavy atom. The highest BCUT2D eigenvalue weighted by Crippen LogP contribution is 2.31. The van der Waals surface area contributed by atoms with Crippen LogP contribution in [-0.4, -0.2) is 32.4 Å². The Morgan fingerprint density at radius 3 is 2.93 bits per heavy atom. The number of carbonyl (C=O) groups is 1. The number of aromatic hydroxyl groups is 1. The van der Waals surface area contributed by atoms with Crippen molar-refractivity contribution in [2.75, 3.05) is 0 Å². The van der Waals surface area contributed by atoms with Crippen LogP contribution < -0.4 is 5.43 Å². The third-order valence-corrected chi connectivity index (χ3v) is 5.75. The van der Waals surface area contributed by atoms with E-state index in [2.05, 4.69) is 15.5 Å². The number of rotatable bonds is 6. The number of benzene rings is 2. The summed E-state index contributed by atoms with van der Waals surface area (Å²) in [5.41, 5.74) is 3.21. The van der Waals surface area contributed by atoms with Crippen LogP contribution in [0.1, 0.15) is 12.5 Å². The third-order valence-electron chi connectivity index (χ3n) is 3.52. The van der Waals surface area contributed by atoms with E-state index in [4.69, 9.17) is 0 Å². The van der Waals surface area contributed by atoms with Gasteiger partial charge in [-0.25, -0.2) is 10.4 Å². The van der Waals surface area contributed by atoms with Gasteiger partial charge in [-0.15, -0.1) is 11.3 Å². The molecule has 0 saturated heterocycles. The lowest BCUT2D eigenvalue weighted by Gasteiger charge is -2.06. The number of nitro benzene ring substituents is 1. The number of thioether (sulfide) groups is 1. The molecule has 8 nitrogen and oxygen atoms in total. The number of phenols is 1. The first-order valence-electron chi connectivity index (χ1n) is 7.76. The van der Waals surface area contributed by atoms with Crippen LogP contribution in [0.3, 0.4) is 0 Å². The van der Waals surface area contributed by atoms with Gasteiger partial charge in [0.15, 0.2) is 4.34 Å². The number of para-hydroxylation sites is 1. The summed E-state index contributed by atoms with van der Waals surface area (Å²) in [7, 11) is 0. The maximum Gasteiger partial charge on any atom is 0.270 e. The Balaban J connectivity index is 1.62. The van der Waals surface area contributed by atoms with E-state index in [1.807, 2.05) is 24.3 Å². The highest BCUT2D eigenvalue weighted by atomic mass is 32.2. The predicted molar refractivity (Wildman–Crippen MR) is 105 cm³/mol. The molecule has 0 bridgehead atoms. The van der Waals surface area contributed by atoms with E-state index in [0.29, 0.717) is 0 Å². The van der Waals surface area contributed by atoms with E-state index in [1.54, 1.807) is 6.92 Å². The summed E-state index contributed by atoms with van der Waals surface area (Å²) >= 11 is 2.82. The Kier molecular flexibility index (Phi) is 5.67. The second-order valence-electron chi connectivity index (χ2n) is 5.44. The molecule has 0 fully saturated rings. The van der Waals surface area contributed by atoms with Gasteiger partial charge in [0.1, 0.15) is 5.75 Å². The monoisotopic (exact) mass is 402 g/mol. The van der Waals surface area contributed by atoms with E-state index in [-0.39, 0.29) is 22.9 Å². The molecule has 0 aliphatic carbocycles. The van der Waals surface area contributed by atoms with Gasteiger partial charge in [0, 0.05) is 17.7 Å². The van der Waals surface area contributed by atoms with Gasteiger partial charge >= 0.3 is 0 Å². The second-order valence-corrected chi connectivity index (χ2v) is 8.06. The lowest BCUT2D eigenvalue weighted by molar-refractivity contribution is -0.384. The Labute approximate surface area is 162 Å². The molecule has 27 heavy (non-hydrogen) atoms. The number of aromatic nitrogens is 1. The quantitative estimate of drug-likeness (QED) is 0.282. The Morgan fingerprint density at radius 2 is 2.19 bits per heavy atom. The number of hydrazone groups is 1. The van der Waals surface area contributed by atoms with Crippen LogP contribution in [0.15, 0.2) is 51.9 Å². The molecule has 0 aliphatic rings. The van der Waals surface area contributed by atoms with Gasteiger partial charge in [-0.2, -0.15) is 5.10 Å². The number of fused-ring (bicyclic) bond motifs is 1. The zero-order chi connectivity index (χ0) is 19.4. The molecule has 1 heterocycles. The van der Waals surface area contributed by atoms with Crippen LogP contribution in [0.2, 0.25) is 0 Å². The lowest BCUT2D eigenvalue weighted by Crippen LogP contribution is -2.26. The number of hydrogen-bond donors (Lipinski definition) is 2. The number of carbonyl (C=O) groups excluding carboxylic acids is 1. The van der Waals surface area contributed by atoms with Crippen molar-refractivity contribution in [1.82, 2.24) is 10.4 Å². The summed E-state index contributed by atoms with van der Waals surface area (Å²) in [6, 6.07) is 11.3. The number of hydrogen-bond acceptors (Lipinski definition) is 8. The van der Waals surface area contributed by atoms with Crippen LogP contribution in [0.5, 0.6) is 5.75 Å². The topological polar surface area (TPSA) is 118 Å². The molecule has 0 radical (unpaired) electrons. The van der Waals surface area contributed by atoms with Gasteiger partial charge in [0.25, 0.3) is 11.6 Å². The average molecular weight is 402 g/mol. The molecule has 2 N–H and O–H groups in total. The van der Waals surface area contributed by atoms with Crippen molar-refractivity contribution >= 4 is 51.1 Å². The molecule has 1 atom stereocenters. The van der Waals surface area contributed by atoms with Crippen molar-refractivity contribution in [3.05, 3.63) is 58.1 Å². The van der Waals surface area contributed by atoms with Crippen LogP contribution in [0, 0.1) is 10.1 Å². The maximum absolute atomic E-state index is 12.2. The number of nitrogens with zero attached hydrogens (tertiary/aromatic N) is 3. The number of amides is 1. The van der Waals surface area contributed by atoms with Gasteiger partial charge in [0.2, 0.25) is 0 Å². The number of nitrogens with one attached hydrogen (secondary N) is 1. The van der Waals surface area contributed by atoms with Gasteiger partial charge in [-0.05, 0) is 25.1 Å². The summed E-state index contributed by atoms with van der Waals surface area (Å²) < 4.78 is 1.82. The number of thiazole rings is 1. The minimum absolute atomic E-state index is 0.135. The first kappa shape index (κ1) is 18.8. The molecule has 1 unspecified atom stereocenters. The fraction of sp³-hybridized carbons (Fsp3) is 0.118.